The predicted octanol–water partition coefficient (Wildman–Crippen LogP) is 2.48. The molecular weight excluding hydrogens is 356 g/mol. The summed E-state index contributed by atoms with van der Waals surface area (Å²) in [5.74, 6) is 0.407. The summed E-state index contributed by atoms with van der Waals surface area (Å²) in [4.78, 5) is 12.2. The van der Waals surface area contributed by atoms with Gasteiger partial charge in [-0.2, -0.15) is 5.10 Å². The number of rotatable bonds is 3. The smallest absolute Gasteiger partial charge is 0.272 e. The fourth-order valence-corrected chi connectivity index (χ4v) is 2.94. The van der Waals surface area contributed by atoms with Gasteiger partial charge in [0.15, 0.2) is 5.69 Å². The standard InChI is InChI=1S/C14H17BrN4O.ClH/c15-10-3-4-12-11(6-10)13(19-18-12)14(20)17-8-9-2-1-5-16-7-9;/h3-4,6,9,16H,1-2,5,7-8H2,(H,17,20)(H,18,19);1H. The largest absolute Gasteiger partial charge is 0.350 e. The Labute approximate surface area is 137 Å². The molecule has 0 radical (unpaired) electrons. The highest BCUT2D eigenvalue weighted by Crippen LogP contribution is 2.21. The van der Waals surface area contributed by atoms with Crippen LogP contribution in [0.2, 0.25) is 0 Å². The van der Waals surface area contributed by atoms with E-state index in [2.05, 4.69) is 36.8 Å². The van der Waals surface area contributed by atoms with Crippen molar-refractivity contribution in [2.75, 3.05) is 19.6 Å². The molecule has 1 aromatic heterocycles. The SMILES string of the molecule is Cl.O=C(NCC1CCCNC1)c1n[nH]c2ccc(Br)cc12. The summed E-state index contributed by atoms with van der Waals surface area (Å²) in [6, 6.07) is 5.75. The van der Waals surface area contributed by atoms with Crippen LogP contribution in [0, 0.1) is 5.92 Å². The number of fused-ring (bicyclic) bond motifs is 1. The van der Waals surface area contributed by atoms with E-state index in [0.717, 1.165) is 28.5 Å². The number of carbonyl (C=O) groups excluding carboxylic acids is 1. The van der Waals surface area contributed by atoms with Gasteiger partial charge in [0, 0.05) is 16.4 Å². The van der Waals surface area contributed by atoms with Gasteiger partial charge >= 0.3 is 0 Å². The Hall–Kier alpha value is -1.11. The third kappa shape index (κ3) is 3.75. The third-order valence-corrected chi connectivity index (χ3v) is 4.18. The van der Waals surface area contributed by atoms with Gasteiger partial charge in [-0.25, -0.2) is 0 Å². The predicted molar refractivity (Wildman–Crippen MR) is 89.0 cm³/mol. The second-order valence-corrected chi connectivity index (χ2v) is 6.10. The minimum atomic E-state index is -0.111. The Kier molecular flexibility index (Phi) is 5.61. The van der Waals surface area contributed by atoms with Crippen LogP contribution >= 0.6 is 28.3 Å². The molecule has 2 heterocycles. The Morgan fingerprint density at radius 3 is 3.10 bits per heavy atom. The highest BCUT2D eigenvalue weighted by molar-refractivity contribution is 9.10. The van der Waals surface area contributed by atoms with Crippen LogP contribution in [0.3, 0.4) is 0 Å². The Morgan fingerprint density at radius 2 is 2.33 bits per heavy atom. The summed E-state index contributed by atoms with van der Waals surface area (Å²) in [7, 11) is 0. The van der Waals surface area contributed by atoms with Gasteiger partial charge in [-0.3, -0.25) is 9.89 Å². The van der Waals surface area contributed by atoms with Gasteiger partial charge in [-0.15, -0.1) is 12.4 Å². The molecule has 2 aromatic rings. The van der Waals surface area contributed by atoms with E-state index in [0.29, 0.717) is 18.2 Å². The van der Waals surface area contributed by atoms with Crippen LogP contribution < -0.4 is 10.6 Å². The molecule has 1 saturated heterocycles. The van der Waals surface area contributed by atoms with Crippen LogP contribution in [-0.4, -0.2) is 35.7 Å². The average molecular weight is 374 g/mol. The van der Waals surface area contributed by atoms with Crippen molar-refractivity contribution in [3.8, 4) is 0 Å². The highest BCUT2D eigenvalue weighted by atomic mass is 79.9. The first-order valence-corrected chi connectivity index (χ1v) is 7.66. The second-order valence-electron chi connectivity index (χ2n) is 5.18. The third-order valence-electron chi connectivity index (χ3n) is 3.69. The van der Waals surface area contributed by atoms with E-state index < -0.39 is 0 Å². The zero-order valence-corrected chi connectivity index (χ0v) is 13.9. The molecule has 3 N–H and O–H groups in total. The number of aromatic nitrogens is 2. The van der Waals surface area contributed by atoms with Gasteiger partial charge in [0.2, 0.25) is 0 Å². The number of carbonyl (C=O) groups is 1. The lowest BCUT2D eigenvalue weighted by Gasteiger charge is -2.22. The lowest BCUT2D eigenvalue weighted by atomic mass is 10.00. The van der Waals surface area contributed by atoms with Gasteiger partial charge in [-0.05, 0) is 50.0 Å². The molecule has 21 heavy (non-hydrogen) atoms. The fourth-order valence-electron chi connectivity index (χ4n) is 2.58. The number of halogens is 2. The number of H-pyrrole nitrogens is 1. The van der Waals surface area contributed by atoms with Crippen molar-refractivity contribution in [1.29, 1.82) is 0 Å². The molecule has 1 amide bonds. The summed E-state index contributed by atoms with van der Waals surface area (Å²) in [6.07, 6.45) is 2.35. The van der Waals surface area contributed by atoms with E-state index in [1.807, 2.05) is 18.2 Å². The van der Waals surface area contributed by atoms with Crippen molar-refractivity contribution in [3.63, 3.8) is 0 Å². The molecule has 1 unspecified atom stereocenters. The number of hydrogen-bond donors (Lipinski definition) is 3. The number of amides is 1. The number of nitrogens with one attached hydrogen (secondary N) is 3. The van der Waals surface area contributed by atoms with Crippen molar-refractivity contribution in [2.45, 2.75) is 12.8 Å². The zero-order valence-electron chi connectivity index (χ0n) is 11.5. The molecule has 1 atom stereocenters. The molecule has 0 aliphatic carbocycles. The van der Waals surface area contributed by atoms with Crippen molar-refractivity contribution in [3.05, 3.63) is 28.4 Å². The van der Waals surface area contributed by atoms with E-state index in [4.69, 9.17) is 0 Å². The zero-order chi connectivity index (χ0) is 13.9. The van der Waals surface area contributed by atoms with E-state index in [-0.39, 0.29) is 18.3 Å². The Balaban J connectivity index is 0.00000161. The van der Waals surface area contributed by atoms with Gasteiger partial charge < -0.3 is 10.6 Å². The molecule has 3 rings (SSSR count). The van der Waals surface area contributed by atoms with Crippen molar-refractivity contribution >= 4 is 45.1 Å². The van der Waals surface area contributed by atoms with E-state index >= 15 is 0 Å². The molecule has 0 saturated carbocycles. The maximum absolute atomic E-state index is 12.2. The van der Waals surface area contributed by atoms with Gasteiger partial charge in [-0.1, -0.05) is 15.9 Å². The number of benzene rings is 1. The summed E-state index contributed by atoms with van der Waals surface area (Å²) in [5, 5.41) is 14.2. The topological polar surface area (TPSA) is 69.8 Å². The second kappa shape index (κ2) is 7.24. The molecule has 0 spiro atoms. The van der Waals surface area contributed by atoms with Crippen LogP contribution in [0.25, 0.3) is 10.9 Å². The Bertz CT molecular complexity index is 624. The summed E-state index contributed by atoms with van der Waals surface area (Å²) in [6.45, 7) is 2.77. The molecule has 114 valence electrons. The molecule has 1 aromatic carbocycles. The lowest BCUT2D eigenvalue weighted by Crippen LogP contribution is -2.38. The minimum absolute atomic E-state index is 0. The van der Waals surface area contributed by atoms with Crippen LogP contribution in [0.5, 0.6) is 0 Å². The molecule has 7 heteroatoms. The normalized spacial score (nSPS) is 18.2. The number of nitrogens with zero attached hydrogens (tertiary/aromatic N) is 1. The monoisotopic (exact) mass is 372 g/mol. The average Bonchev–Trinajstić information content (AvgIpc) is 2.89. The fraction of sp³-hybridized carbons (Fsp3) is 0.429. The van der Waals surface area contributed by atoms with Crippen LogP contribution in [-0.2, 0) is 0 Å². The first kappa shape index (κ1) is 16.3. The lowest BCUT2D eigenvalue weighted by molar-refractivity contribution is 0.0941. The first-order valence-electron chi connectivity index (χ1n) is 6.86. The molecule has 1 aliphatic rings. The molecule has 0 bridgehead atoms. The van der Waals surface area contributed by atoms with Gasteiger partial charge in [0.1, 0.15) is 0 Å². The van der Waals surface area contributed by atoms with E-state index in [1.165, 1.54) is 12.8 Å². The Morgan fingerprint density at radius 1 is 1.48 bits per heavy atom. The van der Waals surface area contributed by atoms with Gasteiger partial charge in [0.05, 0.1) is 5.52 Å². The highest BCUT2D eigenvalue weighted by Gasteiger charge is 2.17. The van der Waals surface area contributed by atoms with Crippen LogP contribution in [0.1, 0.15) is 23.3 Å². The molecule has 1 fully saturated rings. The van der Waals surface area contributed by atoms with Crippen LogP contribution in [0.15, 0.2) is 22.7 Å². The first-order chi connectivity index (χ1) is 9.74. The van der Waals surface area contributed by atoms with E-state index in [1.54, 1.807) is 0 Å². The van der Waals surface area contributed by atoms with Crippen molar-refractivity contribution < 1.29 is 4.79 Å². The van der Waals surface area contributed by atoms with Crippen molar-refractivity contribution in [2.24, 2.45) is 5.92 Å². The quantitative estimate of drug-likeness (QED) is 0.774. The maximum Gasteiger partial charge on any atom is 0.272 e. The maximum atomic E-state index is 12.2. The summed E-state index contributed by atoms with van der Waals surface area (Å²) in [5.41, 5.74) is 1.34. The summed E-state index contributed by atoms with van der Waals surface area (Å²) >= 11 is 3.42. The number of piperidine rings is 1. The molecular formula is C14H18BrClN4O. The molecule has 5 nitrogen and oxygen atoms in total. The number of aromatic amines is 1. The van der Waals surface area contributed by atoms with Gasteiger partial charge in [0.25, 0.3) is 5.91 Å². The molecule has 1 aliphatic heterocycles. The van der Waals surface area contributed by atoms with Crippen LogP contribution in [0.4, 0.5) is 0 Å². The van der Waals surface area contributed by atoms with E-state index in [9.17, 15) is 4.79 Å². The van der Waals surface area contributed by atoms with Crippen molar-refractivity contribution in [1.82, 2.24) is 20.8 Å². The number of hydrogen-bond acceptors (Lipinski definition) is 3. The minimum Gasteiger partial charge on any atom is -0.350 e. The summed E-state index contributed by atoms with van der Waals surface area (Å²) < 4.78 is 0.942.